The summed E-state index contributed by atoms with van der Waals surface area (Å²) in [5.41, 5.74) is 4.95. The Kier molecular flexibility index (Phi) is 9.50. The fraction of sp³-hybridized carbons (Fsp3) is 0.407. The van der Waals surface area contributed by atoms with Gasteiger partial charge in [0, 0.05) is 0 Å². The van der Waals surface area contributed by atoms with Crippen LogP contribution in [0.25, 0.3) is 5.57 Å². The minimum Gasteiger partial charge on any atom is -0.489 e. The van der Waals surface area contributed by atoms with Crippen LogP contribution < -0.4 is 4.74 Å². The van der Waals surface area contributed by atoms with Gasteiger partial charge in [-0.25, -0.2) is 0 Å². The minimum atomic E-state index is -0.754. The predicted molar refractivity (Wildman–Crippen MR) is 127 cm³/mol. The van der Waals surface area contributed by atoms with Gasteiger partial charge in [0.15, 0.2) is 0 Å². The molecule has 2 aromatic carbocycles. The molecular formula is C27H36O4. The highest BCUT2D eigenvalue weighted by molar-refractivity contribution is 5.68. The van der Waals surface area contributed by atoms with E-state index in [1.807, 2.05) is 51.1 Å². The third-order valence-electron chi connectivity index (χ3n) is 5.87. The lowest BCUT2D eigenvalue weighted by Gasteiger charge is -2.20. The van der Waals surface area contributed by atoms with Crippen molar-refractivity contribution in [1.82, 2.24) is 0 Å². The number of aryl methyl sites for hydroxylation is 1. The van der Waals surface area contributed by atoms with Gasteiger partial charge < -0.3 is 20.1 Å². The Morgan fingerprint density at radius 3 is 2.29 bits per heavy atom. The Labute approximate surface area is 186 Å². The number of allylic oxidation sites excluding steroid dienone is 3. The molecule has 2 rings (SSSR count). The summed E-state index contributed by atoms with van der Waals surface area (Å²) in [6, 6.07) is 11.8. The molecule has 0 spiro atoms. The maximum Gasteiger partial charge on any atom is 0.123 e. The lowest BCUT2D eigenvalue weighted by molar-refractivity contribution is 0.0828. The molecule has 2 aromatic rings. The molecule has 31 heavy (non-hydrogen) atoms. The number of rotatable bonds is 11. The molecule has 0 bridgehead atoms. The third kappa shape index (κ3) is 6.79. The molecule has 0 heterocycles. The van der Waals surface area contributed by atoms with E-state index in [-0.39, 0.29) is 13.2 Å². The van der Waals surface area contributed by atoms with E-state index < -0.39 is 5.60 Å². The Bertz CT molecular complexity index is 907. The lowest BCUT2D eigenvalue weighted by Crippen LogP contribution is -2.22. The Balaban J connectivity index is 2.20. The first kappa shape index (κ1) is 24.9. The van der Waals surface area contributed by atoms with Crippen molar-refractivity contribution in [3.05, 3.63) is 82.4 Å². The van der Waals surface area contributed by atoms with E-state index >= 15 is 0 Å². The van der Waals surface area contributed by atoms with Crippen LogP contribution in [0.3, 0.4) is 0 Å². The van der Waals surface area contributed by atoms with Crippen LogP contribution in [-0.2, 0) is 19.8 Å². The average Bonchev–Trinajstić information content (AvgIpc) is 2.81. The highest BCUT2D eigenvalue weighted by Gasteiger charge is 2.17. The molecule has 0 aliphatic carbocycles. The molecule has 4 heteroatoms. The van der Waals surface area contributed by atoms with Crippen molar-refractivity contribution < 1.29 is 20.1 Å². The summed E-state index contributed by atoms with van der Waals surface area (Å²) in [4.78, 5) is 0. The monoisotopic (exact) mass is 424 g/mol. The quantitative estimate of drug-likeness (QED) is 0.419. The lowest BCUT2D eigenvalue weighted by atomic mass is 9.96. The summed E-state index contributed by atoms with van der Waals surface area (Å²) >= 11 is 0. The number of hydrogen-bond acceptors (Lipinski definition) is 4. The number of aliphatic hydroxyl groups excluding tert-OH is 2. The van der Waals surface area contributed by atoms with Gasteiger partial charge in [-0.1, -0.05) is 63.3 Å². The van der Waals surface area contributed by atoms with E-state index in [0.29, 0.717) is 19.4 Å². The maximum atomic E-state index is 10.4. The van der Waals surface area contributed by atoms with Crippen LogP contribution in [0.4, 0.5) is 0 Å². The zero-order valence-corrected chi connectivity index (χ0v) is 19.2. The minimum absolute atomic E-state index is 0.0906. The molecule has 0 aromatic heterocycles. The second-order valence-electron chi connectivity index (χ2n) is 7.90. The van der Waals surface area contributed by atoms with Crippen LogP contribution in [-0.4, -0.2) is 20.9 Å². The normalized spacial score (nSPS) is 12.5. The first-order valence-corrected chi connectivity index (χ1v) is 11.1. The van der Waals surface area contributed by atoms with Crippen LogP contribution in [0.5, 0.6) is 5.75 Å². The van der Waals surface area contributed by atoms with E-state index in [4.69, 9.17) is 4.74 Å². The van der Waals surface area contributed by atoms with Crippen molar-refractivity contribution in [3.8, 4) is 5.75 Å². The summed E-state index contributed by atoms with van der Waals surface area (Å²) in [5.74, 6) is 0.816. The molecule has 0 aliphatic heterocycles. The first-order valence-electron chi connectivity index (χ1n) is 11.1. The van der Waals surface area contributed by atoms with Crippen molar-refractivity contribution in [1.29, 1.82) is 0 Å². The largest absolute Gasteiger partial charge is 0.489 e. The molecule has 0 fully saturated rings. The van der Waals surface area contributed by atoms with Crippen LogP contribution in [0.2, 0.25) is 0 Å². The average molecular weight is 425 g/mol. The molecule has 0 radical (unpaired) electrons. The van der Waals surface area contributed by atoms with Gasteiger partial charge in [-0.3, -0.25) is 0 Å². The standard InChI is InChI=1S/C27H36O4/c1-5-22(9-8-14-27(30,6-2)7-3)23-12-10-20(4)26(16-23)31-19-21-11-13-24(17-28)25(15-21)18-29/h8-16,28-30H,5-7,17-19H2,1-4H3. The van der Waals surface area contributed by atoms with Crippen LogP contribution in [0.15, 0.2) is 54.6 Å². The summed E-state index contributed by atoms with van der Waals surface area (Å²) in [5, 5.41) is 29.3. The second-order valence-corrected chi connectivity index (χ2v) is 7.90. The number of aliphatic hydroxyl groups is 3. The molecule has 0 atom stereocenters. The fourth-order valence-corrected chi connectivity index (χ4v) is 3.43. The molecule has 0 unspecified atom stereocenters. The highest BCUT2D eigenvalue weighted by atomic mass is 16.5. The molecule has 0 amide bonds. The van der Waals surface area contributed by atoms with E-state index in [2.05, 4.69) is 31.2 Å². The Morgan fingerprint density at radius 2 is 1.68 bits per heavy atom. The van der Waals surface area contributed by atoms with Crippen LogP contribution in [0.1, 0.15) is 67.9 Å². The Hall–Kier alpha value is -2.40. The van der Waals surface area contributed by atoms with E-state index in [1.54, 1.807) is 0 Å². The molecule has 0 saturated carbocycles. The molecule has 4 nitrogen and oxygen atoms in total. The van der Waals surface area contributed by atoms with Crippen molar-refractivity contribution in [3.63, 3.8) is 0 Å². The first-order chi connectivity index (χ1) is 14.9. The van der Waals surface area contributed by atoms with Gasteiger partial charge in [-0.05, 0) is 71.7 Å². The molecular weight excluding hydrogens is 388 g/mol. The van der Waals surface area contributed by atoms with Crippen molar-refractivity contribution in [2.24, 2.45) is 0 Å². The van der Waals surface area contributed by atoms with E-state index in [9.17, 15) is 15.3 Å². The maximum absolute atomic E-state index is 10.4. The Morgan fingerprint density at radius 1 is 0.968 bits per heavy atom. The molecule has 3 N–H and O–H groups in total. The van der Waals surface area contributed by atoms with Gasteiger partial charge in [0.25, 0.3) is 0 Å². The smallest absolute Gasteiger partial charge is 0.123 e. The second kappa shape index (κ2) is 11.8. The zero-order valence-electron chi connectivity index (χ0n) is 19.2. The van der Waals surface area contributed by atoms with Gasteiger partial charge in [0.1, 0.15) is 12.4 Å². The molecule has 0 saturated heterocycles. The summed E-state index contributed by atoms with van der Waals surface area (Å²) in [6.07, 6.45) is 8.14. The van der Waals surface area contributed by atoms with Crippen molar-refractivity contribution in [2.45, 2.75) is 72.4 Å². The fourth-order valence-electron chi connectivity index (χ4n) is 3.43. The highest BCUT2D eigenvalue weighted by Crippen LogP contribution is 2.27. The van der Waals surface area contributed by atoms with Crippen LogP contribution in [0, 0.1) is 6.92 Å². The van der Waals surface area contributed by atoms with Gasteiger partial charge in [0.05, 0.1) is 18.8 Å². The van der Waals surface area contributed by atoms with E-state index in [1.165, 1.54) is 5.57 Å². The summed E-state index contributed by atoms with van der Waals surface area (Å²) in [6.45, 7) is 8.30. The van der Waals surface area contributed by atoms with Gasteiger partial charge in [-0.15, -0.1) is 0 Å². The van der Waals surface area contributed by atoms with Crippen LogP contribution >= 0.6 is 0 Å². The topological polar surface area (TPSA) is 69.9 Å². The van der Waals surface area contributed by atoms with E-state index in [0.717, 1.165) is 40.0 Å². The van der Waals surface area contributed by atoms with Crippen molar-refractivity contribution in [2.75, 3.05) is 0 Å². The molecule has 0 aliphatic rings. The number of hydrogen-bond donors (Lipinski definition) is 3. The third-order valence-corrected chi connectivity index (χ3v) is 5.87. The summed E-state index contributed by atoms with van der Waals surface area (Å²) in [7, 11) is 0. The number of ether oxygens (including phenoxy) is 1. The van der Waals surface area contributed by atoms with Gasteiger partial charge in [0.2, 0.25) is 0 Å². The molecule has 168 valence electrons. The van der Waals surface area contributed by atoms with Gasteiger partial charge >= 0.3 is 0 Å². The van der Waals surface area contributed by atoms with Gasteiger partial charge in [-0.2, -0.15) is 0 Å². The van der Waals surface area contributed by atoms with Crippen molar-refractivity contribution >= 4 is 5.57 Å². The SMILES string of the molecule is CCC(=CC=CC(O)(CC)CC)c1ccc(C)c(OCc2ccc(CO)c(CO)c2)c1. The predicted octanol–water partition coefficient (Wildman–Crippen LogP) is 5.46. The number of benzene rings is 2. The summed E-state index contributed by atoms with van der Waals surface area (Å²) < 4.78 is 6.10. The zero-order chi connectivity index (χ0) is 22.9.